The van der Waals surface area contributed by atoms with Crippen molar-refractivity contribution in [3.8, 4) is 11.5 Å². The number of aliphatic hydroxyl groups is 1. The van der Waals surface area contributed by atoms with Gasteiger partial charge in [-0.25, -0.2) is 0 Å². The van der Waals surface area contributed by atoms with E-state index in [1.165, 1.54) is 18.4 Å². The summed E-state index contributed by atoms with van der Waals surface area (Å²) in [4.78, 5) is 10.9. The zero-order chi connectivity index (χ0) is 17.5. The number of nitrogens with one attached hydrogen (secondary N) is 1. The van der Waals surface area contributed by atoms with Crippen molar-refractivity contribution in [1.29, 1.82) is 0 Å². The van der Waals surface area contributed by atoms with Gasteiger partial charge in [-0.1, -0.05) is 6.07 Å². The first-order chi connectivity index (χ1) is 12.3. The predicted molar refractivity (Wildman–Crippen MR) is 96.4 cm³/mol. The van der Waals surface area contributed by atoms with Crippen LogP contribution in [-0.2, 0) is 4.79 Å². The van der Waals surface area contributed by atoms with Crippen LogP contribution in [0.1, 0.15) is 56.4 Å². The van der Waals surface area contributed by atoms with Crippen LogP contribution in [0.2, 0.25) is 0 Å². The molecule has 25 heavy (non-hydrogen) atoms. The minimum Gasteiger partial charge on any atom is -0.490 e. The van der Waals surface area contributed by atoms with E-state index >= 15 is 0 Å². The summed E-state index contributed by atoms with van der Waals surface area (Å²) in [6, 6.07) is 6.19. The first kappa shape index (κ1) is 18.2. The number of aldehydes is 1. The number of piperidine rings is 1. The first-order valence-corrected chi connectivity index (χ1v) is 9.53. The summed E-state index contributed by atoms with van der Waals surface area (Å²) in [5.41, 5.74) is 1.24. The van der Waals surface area contributed by atoms with Crippen molar-refractivity contribution in [2.24, 2.45) is 0 Å². The van der Waals surface area contributed by atoms with Crippen LogP contribution in [0, 0.1) is 0 Å². The number of ether oxygens (including phenoxy) is 2. The lowest BCUT2D eigenvalue weighted by atomic mass is 9.89. The second-order valence-corrected chi connectivity index (χ2v) is 7.08. The number of carbonyl (C=O) groups excluding carboxylic acids is 1. The standard InChI is InChI=1S/C20H29NO4/c22-10-3-11-24-19-9-7-15(16-6-8-17(14-23)21-13-16)12-20(19)25-18-4-1-2-5-18/h7,9,12,14,16-18,21-22H,1-6,8,10-11,13H2. The van der Waals surface area contributed by atoms with E-state index in [0.29, 0.717) is 18.9 Å². The molecule has 0 aromatic heterocycles. The Kier molecular flexibility index (Phi) is 6.70. The summed E-state index contributed by atoms with van der Waals surface area (Å²) in [5.74, 6) is 1.98. The van der Waals surface area contributed by atoms with Crippen LogP contribution in [0.4, 0.5) is 0 Å². The number of hydrogen-bond donors (Lipinski definition) is 2. The van der Waals surface area contributed by atoms with Crippen molar-refractivity contribution in [3.05, 3.63) is 23.8 Å². The highest BCUT2D eigenvalue weighted by Crippen LogP contribution is 2.36. The van der Waals surface area contributed by atoms with E-state index in [9.17, 15) is 4.79 Å². The molecule has 2 N–H and O–H groups in total. The topological polar surface area (TPSA) is 67.8 Å². The van der Waals surface area contributed by atoms with E-state index < -0.39 is 0 Å². The molecule has 0 bridgehead atoms. The maximum atomic E-state index is 10.9. The van der Waals surface area contributed by atoms with Crippen molar-refractivity contribution in [1.82, 2.24) is 5.32 Å². The van der Waals surface area contributed by atoms with E-state index in [-0.39, 0.29) is 18.8 Å². The molecule has 0 amide bonds. The van der Waals surface area contributed by atoms with Crippen molar-refractivity contribution >= 4 is 6.29 Å². The predicted octanol–water partition coefficient (Wildman–Crippen LogP) is 2.80. The SMILES string of the molecule is O=CC1CCC(c2ccc(OCCCO)c(OC3CCCC3)c2)CN1. The maximum absolute atomic E-state index is 10.9. The van der Waals surface area contributed by atoms with E-state index in [1.54, 1.807) is 0 Å². The average Bonchev–Trinajstić information content (AvgIpc) is 3.16. The van der Waals surface area contributed by atoms with Crippen molar-refractivity contribution < 1.29 is 19.4 Å². The van der Waals surface area contributed by atoms with Gasteiger partial charge in [0, 0.05) is 19.6 Å². The van der Waals surface area contributed by atoms with Gasteiger partial charge in [-0.3, -0.25) is 0 Å². The van der Waals surface area contributed by atoms with Gasteiger partial charge in [-0.15, -0.1) is 0 Å². The van der Waals surface area contributed by atoms with Gasteiger partial charge in [-0.05, 0) is 62.1 Å². The van der Waals surface area contributed by atoms with E-state index in [0.717, 1.165) is 50.0 Å². The summed E-state index contributed by atoms with van der Waals surface area (Å²) >= 11 is 0. The monoisotopic (exact) mass is 347 g/mol. The Hall–Kier alpha value is -1.59. The molecule has 2 unspecified atom stereocenters. The molecule has 1 heterocycles. The quantitative estimate of drug-likeness (QED) is 0.559. The highest BCUT2D eigenvalue weighted by molar-refractivity contribution is 5.57. The van der Waals surface area contributed by atoms with Gasteiger partial charge in [0.1, 0.15) is 6.29 Å². The smallest absolute Gasteiger partial charge is 0.161 e. The van der Waals surface area contributed by atoms with Crippen LogP contribution in [0.5, 0.6) is 11.5 Å². The maximum Gasteiger partial charge on any atom is 0.161 e. The number of benzene rings is 1. The van der Waals surface area contributed by atoms with Gasteiger partial charge < -0.3 is 24.7 Å². The van der Waals surface area contributed by atoms with Crippen LogP contribution < -0.4 is 14.8 Å². The normalized spacial score (nSPS) is 24.2. The molecule has 1 saturated heterocycles. The molecule has 0 radical (unpaired) electrons. The molecule has 138 valence electrons. The Labute approximate surface area is 149 Å². The molecule has 1 aromatic carbocycles. The summed E-state index contributed by atoms with van der Waals surface area (Å²) in [7, 11) is 0. The molecule has 2 aliphatic rings. The van der Waals surface area contributed by atoms with Crippen molar-refractivity contribution in [2.75, 3.05) is 19.8 Å². The average molecular weight is 347 g/mol. The van der Waals surface area contributed by atoms with Gasteiger partial charge in [0.05, 0.1) is 18.8 Å². The van der Waals surface area contributed by atoms with E-state index in [2.05, 4.69) is 17.4 Å². The number of aliphatic hydroxyl groups excluding tert-OH is 1. The Morgan fingerprint density at radius 1 is 1.16 bits per heavy atom. The fraction of sp³-hybridized carbons (Fsp3) is 0.650. The third-order valence-electron chi connectivity index (χ3n) is 5.21. The summed E-state index contributed by atoms with van der Waals surface area (Å²) in [6.45, 7) is 1.43. The van der Waals surface area contributed by atoms with E-state index in [4.69, 9.17) is 14.6 Å². The molecule has 1 aromatic rings. The molecule has 2 fully saturated rings. The molecule has 5 nitrogen and oxygen atoms in total. The van der Waals surface area contributed by atoms with Crippen molar-refractivity contribution in [3.63, 3.8) is 0 Å². The lowest BCUT2D eigenvalue weighted by Gasteiger charge is -2.28. The minimum atomic E-state index is -0.00783. The van der Waals surface area contributed by atoms with Crippen LogP contribution in [-0.4, -0.2) is 43.3 Å². The lowest BCUT2D eigenvalue weighted by molar-refractivity contribution is -0.110. The third-order valence-corrected chi connectivity index (χ3v) is 5.21. The molecule has 3 rings (SSSR count). The Balaban J connectivity index is 1.71. The summed E-state index contributed by atoms with van der Waals surface area (Å²) in [5, 5.41) is 12.3. The van der Waals surface area contributed by atoms with Gasteiger partial charge in [0.2, 0.25) is 0 Å². The molecule has 1 aliphatic carbocycles. The highest BCUT2D eigenvalue weighted by atomic mass is 16.5. The first-order valence-electron chi connectivity index (χ1n) is 9.53. The van der Waals surface area contributed by atoms with Crippen LogP contribution in [0.3, 0.4) is 0 Å². The molecule has 1 aliphatic heterocycles. The molecular formula is C20H29NO4. The number of rotatable bonds is 8. The Bertz CT molecular complexity index is 549. The fourth-order valence-corrected chi connectivity index (χ4v) is 3.70. The van der Waals surface area contributed by atoms with Gasteiger partial charge in [-0.2, -0.15) is 0 Å². The number of carbonyl (C=O) groups is 1. The van der Waals surface area contributed by atoms with Gasteiger partial charge in [0.15, 0.2) is 11.5 Å². The molecule has 0 spiro atoms. The minimum absolute atomic E-state index is 0.00783. The van der Waals surface area contributed by atoms with Crippen LogP contribution >= 0.6 is 0 Å². The Morgan fingerprint density at radius 3 is 2.68 bits per heavy atom. The van der Waals surface area contributed by atoms with Crippen molar-refractivity contribution in [2.45, 2.75) is 63.0 Å². The summed E-state index contributed by atoms with van der Waals surface area (Å²) in [6.07, 6.45) is 8.44. The third kappa shape index (κ3) is 4.95. The lowest BCUT2D eigenvalue weighted by Crippen LogP contribution is -2.38. The largest absolute Gasteiger partial charge is 0.490 e. The second kappa shape index (κ2) is 9.20. The highest BCUT2D eigenvalue weighted by Gasteiger charge is 2.24. The molecule has 1 saturated carbocycles. The molecule has 5 heteroatoms. The zero-order valence-electron chi connectivity index (χ0n) is 14.8. The van der Waals surface area contributed by atoms with E-state index in [1.807, 2.05) is 6.07 Å². The molecule has 2 atom stereocenters. The van der Waals surface area contributed by atoms with Crippen LogP contribution in [0.15, 0.2) is 18.2 Å². The Morgan fingerprint density at radius 2 is 2.00 bits per heavy atom. The van der Waals surface area contributed by atoms with Gasteiger partial charge in [0.25, 0.3) is 0 Å². The zero-order valence-corrected chi connectivity index (χ0v) is 14.8. The fourth-order valence-electron chi connectivity index (χ4n) is 3.70. The van der Waals surface area contributed by atoms with Gasteiger partial charge >= 0.3 is 0 Å². The second-order valence-electron chi connectivity index (χ2n) is 7.08. The summed E-state index contributed by atoms with van der Waals surface area (Å²) < 4.78 is 12.1. The van der Waals surface area contributed by atoms with Crippen LogP contribution in [0.25, 0.3) is 0 Å². The molecular weight excluding hydrogens is 318 g/mol. The number of hydrogen-bond acceptors (Lipinski definition) is 5.